The summed E-state index contributed by atoms with van der Waals surface area (Å²) in [6, 6.07) is 11.2. The lowest BCUT2D eigenvalue weighted by molar-refractivity contribution is -0.130. The molecule has 1 fully saturated rings. The Morgan fingerprint density at radius 2 is 1.81 bits per heavy atom. The van der Waals surface area contributed by atoms with E-state index < -0.39 is 21.6 Å². The van der Waals surface area contributed by atoms with Gasteiger partial charge in [-0.2, -0.15) is 0 Å². The third kappa shape index (κ3) is 4.22. The van der Waals surface area contributed by atoms with E-state index in [4.69, 9.17) is 4.74 Å². The summed E-state index contributed by atoms with van der Waals surface area (Å²) < 4.78 is 45.8. The zero-order chi connectivity index (χ0) is 22.0. The molecule has 4 rings (SSSR count). The molecule has 1 amide bonds. The first kappa shape index (κ1) is 21.5. The summed E-state index contributed by atoms with van der Waals surface area (Å²) in [7, 11) is -4.09. The van der Waals surface area contributed by atoms with Gasteiger partial charge in [-0.1, -0.05) is 25.5 Å². The number of benzene rings is 2. The normalized spacial score (nSPS) is 17.8. The van der Waals surface area contributed by atoms with E-state index in [0.717, 1.165) is 25.3 Å². The van der Waals surface area contributed by atoms with Gasteiger partial charge in [0.1, 0.15) is 5.82 Å². The highest BCUT2D eigenvalue weighted by atomic mass is 32.2. The predicted octanol–water partition coefficient (Wildman–Crippen LogP) is 3.79. The van der Waals surface area contributed by atoms with Crippen LogP contribution in [0.5, 0.6) is 0 Å². The maximum absolute atomic E-state index is 14.1. The van der Waals surface area contributed by atoms with Crippen LogP contribution in [-0.2, 0) is 25.8 Å². The first-order chi connectivity index (χ1) is 14.9. The number of hydrogen-bond acceptors (Lipinski definition) is 5. The molecule has 164 valence electrons. The number of ether oxygens (including phenoxy) is 1. The van der Waals surface area contributed by atoms with Gasteiger partial charge in [0, 0.05) is 25.0 Å². The molecule has 0 aromatic heterocycles. The first-order valence-corrected chi connectivity index (χ1v) is 11.9. The number of unbranched alkanes of at least 4 members (excludes halogenated alkanes) is 1. The number of sulfone groups is 1. The molecule has 0 atom stereocenters. The van der Waals surface area contributed by atoms with Crippen LogP contribution in [-0.4, -0.2) is 45.5 Å². The molecule has 2 heterocycles. The summed E-state index contributed by atoms with van der Waals surface area (Å²) >= 11 is 0. The molecule has 0 saturated carbocycles. The molecule has 0 unspecified atom stereocenters. The number of halogens is 1. The summed E-state index contributed by atoms with van der Waals surface area (Å²) in [6.07, 6.45) is 4.44. The van der Waals surface area contributed by atoms with Crippen molar-refractivity contribution in [3.05, 3.63) is 65.0 Å². The Hall–Kier alpha value is -2.71. The molecule has 2 aromatic rings. The number of carbonyl (C=O) groups is 1. The SMILES string of the molecule is CCCCc1ccc(N2C=C(C(=O)N3CCOCC3)S(=O)(=O)c3ccc(F)cc32)cc1. The zero-order valence-corrected chi connectivity index (χ0v) is 18.2. The first-order valence-electron chi connectivity index (χ1n) is 10.4. The molecule has 0 aliphatic carbocycles. The second kappa shape index (κ2) is 8.80. The van der Waals surface area contributed by atoms with E-state index in [0.29, 0.717) is 32.0 Å². The molecular weight excluding hydrogens is 419 g/mol. The Kier molecular flexibility index (Phi) is 6.11. The molecule has 2 aliphatic heterocycles. The van der Waals surface area contributed by atoms with E-state index in [9.17, 15) is 17.6 Å². The molecule has 0 N–H and O–H groups in total. The highest BCUT2D eigenvalue weighted by Crippen LogP contribution is 2.40. The lowest BCUT2D eigenvalue weighted by atomic mass is 10.1. The van der Waals surface area contributed by atoms with Crippen molar-refractivity contribution in [3.63, 3.8) is 0 Å². The Morgan fingerprint density at radius 1 is 1.10 bits per heavy atom. The van der Waals surface area contributed by atoms with Crippen molar-refractivity contribution in [2.45, 2.75) is 31.1 Å². The minimum absolute atomic E-state index is 0.0805. The number of amides is 1. The van der Waals surface area contributed by atoms with Crippen LogP contribution >= 0.6 is 0 Å². The summed E-state index contributed by atoms with van der Waals surface area (Å²) in [6.45, 7) is 3.52. The smallest absolute Gasteiger partial charge is 0.267 e. The van der Waals surface area contributed by atoms with Crippen LogP contribution in [0.2, 0.25) is 0 Å². The largest absolute Gasteiger partial charge is 0.378 e. The van der Waals surface area contributed by atoms with E-state index in [1.807, 2.05) is 24.3 Å². The van der Waals surface area contributed by atoms with E-state index in [2.05, 4.69) is 6.92 Å². The molecule has 2 aliphatic rings. The third-order valence-corrected chi connectivity index (χ3v) is 7.33. The quantitative estimate of drug-likeness (QED) is 0.657. The Balaban J connectivity index is 1.78. The van der Waals surface area contributed by atoms with Crippen molar-refractivity contribution < 1.29 is 22.3 Å². The number of morpholine rings is 1. The maximum Gasteiger partial charge on any atom is 0.267 e. The summed E-state index contributed by atoms with van der Waals surface area (Å²) in [4.78, 5) is 15.8. The van der Waals surface area contributed by atoms with Gasteiger partial charge in [-0.3, -0.25) is 4.79 Å². The van der Waals surface area contributed by atoms with Crippen LogP contribution in [0.1, 0.15) is 25.3 Å². The van der Waals surface area contributed by atoms with Crippen molar-refractivity contribution in [3.8, 4) is 0 Å². The number of fused-ring (bicyclic) bond motifs is 1. The number of rotatable bonds is 5. The summed E-state index contributed by atoms with van der Waals surface area (Å²) in [5.41, 5.74) is 2.03. The topological polar surface area (TPSA) is 66.9 Å². The molecular formula is C23H25FN2O4S. The van der Waals surface area contributed by atoms with Crippen LogP contribution in [0, 0.1) is 5.82 Å². The standard InChI is InChI=1S/C23H25FN2O4S/c1-2-3-4-17-5-8-19(9-6-17)26-16-22(23(27)25-11-13-30-14-12-25)31(28,29)21-10-7-18(24)15-20(21)26/h5-10,15-16H,2-4,11-14H2,1H3. The fourth-order valence-corrected chi connectivity index (χ4v) is 5.31. The molecule has 2 aromatic carbocycles. The molecule has 0 spiro atoms. The number of hydrogen-bond donors (Lipinski definition) is 0. The lowest BCUT2D eigenvalue weighted by Crippen LogP contribution is -2.43. The number of anilines is 2. The van der Waals surface area contributed by atoms with Crippen LogP contribution in [0.25, 0.3) is 0 Å². The van der Waals surface area contributed by atoms with Gasteiger partial charge in [0.25, 0.3) is 5.91 Å². The second-order valence-corrected chi connectivity index (χ2v) is 9.54. The van der Waals surface area contributed by atoms with Crippen LogP contribution in [0.4, 0.5) is 15.8 Å². The maximum atomic E-state index is 14.1. The van der Waals surface area contributed by atoms with Crippen molar-refractivity contribution in [1.29, 1.82) is 0 Å². The molecule has 6 nitrogen and oxygen atoms in total. The van der Waals surface area contributed by atoms with Gasteiger partial charge in [-0.15, -0.1) is 0 Å². The minimum Gasteiger partial charge on any atom is -0.378 e. The minimum atomic E-state index is -4.09. The van der Waals surface area contributed by atoms with Crippen molar-refractivity contribution in [2.75, 3.05) is 31.2 Å². The van der Waals surface area contributed by atoms with Crippen molar-refractivity contribution >= 4 is 27.1 Å². The van der Waals surface area contributed by atoms with Crippen LogP contribution in [0.3, 0.4) is 0 Å². The second-order valence-electron chi connectivity index (χ2n) is 7.65. The molecule has 31 heavy (non-hydrogen) atoms. The number of carbonyl (C=O) groups excluding carboxylic acids is 1. The van der Waals surface area contributed by atoms with Crippen molar-refractivity contribution in [2.24, 2.45) is 0 Å². The molecule has 0 radical (unpaired) electrons. The molecule has 1 saturated heterocycles. The van der Waals surface area contributed by atoms with E-state index in [1.54, 1.807) is 4.90 Å². The number of nitrogens with zero attached hydrogens (tertiary/aromatic N) is 2. The fraction of sp³-hybridized carbons (Fsp3) is 0.348. The van der Waals surface area contributed by atoms with E-state index >= 15 is 0 Å². The fourth-order valence-electron chi connectivity index (χ4n) is 3.79. The number of aryl methyl sites for hydroxylation is 1. The van der Waals surface area contributed by atoms with Gasteiger partial charge < -0.3 is 14.5 Å². The van der Waals surface area contributed by atoms with Gasteiger partial charge in [-0.05, 0) is 48.7 Å². The lowest BCUT2D eigenvalue weighted by Gasteiger charge is -2.32. The van der Waals surface area contributed by atoms with Gasteiger partial charge in [0.05, 0.1) is 23.8 Å². The third-order valence-electron chi connectivity index (χ3n) is 5.55. The zero-order valence-electron chi connectivity index (χ0n) is 17.4. The predicted molar refractivity (Wildman–Crippen MR) is 116 cm³/mol. The van der Waals surface area contributed by atoms with E-state index in [-0.39, 0.29) is 15.5 Å². The Morgan fingerprint density at radius 3 is 2.48 bits per heavy atom. The van der Waals surface area contributed by atoms with Gasteiger partial charge in [0.15, 0.2) is 4.91 Å². The summed E-state index contributed by atoms with van der Waals surface area (Å²) in [5, 5.41) is 0. The van der Waals surface area contributed by atoms with E-state index in [1.165, 1.54) is 28.8 Å². The van der Waals surface area contributed by atoms with Gasteiger partial charge in [-0.25, -0.2) is 12.8 Å². The average Bonchev–Trinajstić information content (AvgIpc) is 2.78. The van der Waals surface area contributed by atoms with Crippen LogP contribution in [0.15, 0.2) is 58.5 Å². The Bertz CT molecular complexity index is 1110. The van der Waals surface area contributed by atoms with Crippen LogP contribution < -0.4 is 4.90 Å². The average molecular weight is 445 g/mol. The van der Waals surface area contributed by atoms with Crippen molar-refractivity contribution in [1.82, 2.24) is 4.90 Å². The molecule has 0 bridgehead atoms. The summed E-state index contributed by atoms with van der Waals surface area (Å²) in [5.74, 6) is -1.11. The monoisotopic (exact) mass is 444 g/mol. The Labute approximate surface area is 181 Å². The van der Waals surface area contributed by atoms with Gasteiger partial charge in [0.2, 0.25) is 9.84 Å². The van der Waals surface area contributed by atoms with Gasteiger partial charge >= 0.3 is 0 Å². The molecule has 8 heteroatoms. The highest BCUT2D eigenvalue weighted by Gasteiger charge is 2.38. The highest BCUT2D eigenvalue weighted by molar-refractivity contribution is 7.96.